The second kappa shape index (κ2) is 18.1. The zero-order chi connectivity index (χ0) is 35.3. The fourth-order valence-electron chi connectivity index (χ4n) is 6.41. The Morgan fingerprint density at radius 3 is 2.37 bits per heavy atom. The monoisotopic (exact) mass is 672 g/mol. The van der Waals surface area contributed by atoms with E-state index in [-0.39, 0.29) is 36.9 Å². The normalized spacial score (nSPS) is 14.9. The maximum Gasteiger partial charge on any atom is 0.410 e. The second-order valence-corrected chi connectivity index (χ2v) is 13.0. The molecule has 11 heteroatoms. The van der Waals surface area contributed by atoms with Crippen LogP contribution < -0.4 is 5.32 Å². The molecule has 3 aromatic rings. The molecule has 3 atom stereocenters. The van der Waals surface area contributed by atoms with Crippen LogP contribution in [0.3, 0.4) is 0 Å². The van der Waals surface area contributed by atoms with Gasteiger partial charge in [0.2, 0.25) is 11.8 Å². The molecular weight excluding hydrogens is 624 g/mol. The summed E-state index contributed by atoms with van der Waals surface area (Å²) in [7, 11) is 3.17. The van der Waals surface area contributed by atoms with Gasteiger partial charge < -0.3 is 15.0 Å². The molecule has 0 bridgehead atoms. The molecular formula is C38H48N4O7. The van der Waals surface area contributed by atoms with E-state index in [4.69, 9.17) is 14.5 Å². The number of para-hydroxylation sites is 1. The third kappa shape index (κ3) is 10.1. The van der Waals surface area contributed by atoms with E-state index >= 15 is 0 Å². The Balaban J connectivity index is 1.52. The third-order valence-electron chi connectivity index (χ3n) is 8.88. The van der Waals surface area contributed by atoms with Gasteiger partial charge in [0.1, 0.15) is 25.3 Å². The van der Waals surface area contributed by atoms with Crippen LogP contribution in [0.4, 0.5) is 4.79 Å². The predicted molar refractivity (Wildman–Crippen MR) is 186 cm³/mol. The van der Waals surface area contributed by atoms with Crippen molar-refractivity contribution in [3.05, 3.63) is 90.6 Å². The zero-order valence-electron chi connectivity index (χ0n) is 28.9. The molecule has 1 saturated carbocycles. The molecule has 0 spiro atoms. The lowest BCUT2D eigenvalue weighted by atomic mass is 9.93. The lowest BCUT2D eigenvalue weighted by Gasteiger charge is -2.37. The molecule has 4 rings (SSSR count). The Hall–Kier alpha value is -4.77. The minimum atomic E-state index is -0.828. The summed E-state index contributed by atoms with van der Waals surface area (Å²) in [6.07, 6.45) is 6.64. The van der Waals surface area contributed by atoms with Crippen molar-refractivity contribution in [3.63, 3.8) is 0 Å². The number of rotatable bonds is 16. The Morgan fingerprint density at radius 2 is 1.67 bits per heavy atom. The summed E-state index contributed by atoms with van der Waals surface area (Å²) < 4.78 is 5.23. The highest BCUT2D eigenvalue weighted by atomic mass is 17.2. The lowest BCUT2D eigenvalue weighted by molar-refractivity contribution is -0.244. The number of carbonyl (C=O) groups excluding carboxylic acids is 4. The Bertz CT molecular complexity index is 1570. The van der Waals surface area contributed by atoms with Gasteiger partial charge in [0.05, 0.1) is 17.1 Å². The van der Waals surface area contributed by atoms with Crippen LogP contribution in [0.5, 0.6) is 0 Å². The molecule has 1 aliphatic rings. The molecule has 1 N–H and O–H groups in total. The van der Waals surface area contributed by atoms with Gasteiger partial charge in [-0.2, -0.15) is 4.89 Å². The highest BCUT2D eigenvalue weighted by molar-refractivity contribution is 6.03. The van der Waals surface area contributed by atoms with Gasteiger partial charge in [-0.25, -0.2) is 9.59 Å². The average Bonchev–Trinajstić information content (AvgIpc) is 3.63. The summed E-state index contributed by atoms with van der Waals surface area (Å²) in [5.41, 5.74) is 1.91. The van der Waals surface area contributed by atoms with Crippen molar-refractivity contribution in [3.8, 4) is 0 Å². The first-order chi connectivity index (χ1) is 23.6. The SMILES string of the molecule is C=CCOC(=O)N(C)[C@H](CC(C)C)C(=O)N(C)[C@@H](C(=O)N[C@@H](COOC(=O)c1ccnc2ccccc12)Cc1ccccc1)C1CCCC1. The largest absolute Gasteiger partial charge is 0.445 e. The number of likely N-dealkylation sites (N-methyl/N-ethyl adjacent to an activating group) is 2. The molecule has 1 aliphatic carbocycles. The molecule has 11 nitrogen and oxygen atoms in total. The Labute approximate surface area is 288 Å². The number of nitrogens with zero attached hydrogens (tertiary/aromatic N) is 3. The van der Waals surface area contributed by atoms with Crippen LogP contribution in [0, 0.1) is 11.8 Å². The van der Waals surface area contributed by atoms with Gasteiger partial charge in [-0.05, 0) is 55.2 Å². The standard InChI is InChI=1S/C38H48N4O7/c1-6-22-47-38(46)41(4)33(23-26(2)3)36(44)42(5)34(28-16-10-11-17-28)35(43)40-29(24-27-14-8-7-9-15-27)25-48-49-37(45)31-20-21-39-32-19-13-12-18-30(31)32/h6-9,12-15,18-21,26,28-29,33-34H,1,10-11,16-17,22-25H2,2-5H3,(H,40,43)/t29-,33-,34-/m1/s1. The number of nitrogens with one attached hydrogen (secondary N) is 1. The Kier molecular flexibility index (Phi) is 13.7. The van der Waals surface area contributed by atoms with Gasteiger partial charge in [0.25, 0.3) is 0 Å². The highest BCUT2D eigenvalue weighted by Gasteiger charge is 2.40. The number of hydrogen-bond donors (Lipinski definition) is 1. The lowest BCUT2D eigenvalue weighted by Crippen LogP contribution is -2.58. The number of carbonyl (C=O) groups is 4. The molecule has 1 aromatic heterocycles. The quantitative estimate of drug-likeness (QED) is 0.116. The van der Waals surface area contributed by atoms with Gasteiger partial charge >= 0.3 is 12.1 Å². The van der Waals surface area contributed by atoms with Gasteiger partial charge in [0.15, 0.2) is 0 Å². The minimum absolute atomic E-state index is 0.0219. The summed E-state index contributed by atoms with van der Waals surface area (Å²) in [5, 5.41) is 3.74. The fraction of sp³-hybridized carbons (Fsp3) is 0.447. The van der Waals surface area contributed by atoms with E-state index in [2.05, 4.69) is 16.9 Å². The smallest absolute Gasteiger partial charge is 0.410 e. The van der Waals surface area contributed by atoms with Gasteiger partial charge in [0, 0.05) is 25.7 Å². The molecule has 0 unspecified atom stereocenters. The molecule has 49 heavy (non-hydrogen) atoms. The van der Waals surface area contributed by atoms with E-state index in [1.165, 1.54) is 29.1 Å². The molecule has 262 valence electrons. The van der Waals surface area contributed by atoms with Crippen molar-refractivity contribution < 1.29 is 33.7 Å². The highest BCUT2D eigenvalue weighted by Crippen LogP contribution is 2.31. The van der Waals surface area contributed by atoms with E-state index in [1.54, 1.807) is 25.2 Å². The predicted octanol–water partition coefficient (Wildman–Crippen LogP) is 5.74. The van der Waals surface area contributed by atoms with Gasteiger partial charge in [-0.1, -0.05) is 87.9 Å². The maximum atomic E-state index is 14.2. The number of amides is 3. The topological polar surface area (TPSA) is 127 Å². The van der Waals surface area contributed by atoms with E-state index < -0.39 is 30.2 Å². The van der Waals surface area contributed by atoms with Crippen molar-refractivity contribution in [2.75, 3.05) is 27.3 Å². The number of aromatic nitrogens is 1. The second-order valence-electron chi connectivity index (χ2n) is 13.0. The first kappa shape index (κ1) is 37.1. The molecule has 0 aliphatic heterocycles. The van der Waals surface area contributed by atoms with Crippen LogP contribution in [0.25, 0.3) is 10.9 Å². The van der Waals surface area contributed by atoms with E-state index in [0.717, 1.165) is 31.2 Å². The van der Waals surface area contributed by atoms with Gasteiger partial charge in [-0.15, -0.1) is 0 Å². The summed E-state index contributed by atoms with van der Waals surface area (Å²) in [5.74, 6) is -1.32. The molecule has 2 aromatic carbocycles. The molecule has 3 amide bonds. The van der Waals surface area contributed by atoms with Crippen LogP contribution in [-0.2, 0) is 30.5 Å². The van der Waals surface area contributed by atoms with Crippen LogP contribution in [-0.4, -0.2) is 84.1 Å². The minimum Gasteiger partial charge on any atom is -0.445 e. The summed E-state index contributed by atoms with van der Waals surface area (Å²) in [6.45, 7) is 7.43. The van der Waals surface area contributed by atoms with Gasteiger partial charge in [-0.3, -0.25) is 24.4 Å². The number of pyridine rings is 1. The average molecular weight is 673 g/mol. The zero-order valence-corrected chi connectivity index (χ0v) is 28.9. The van der Waals surface area contributed by atoms with Crippen molar-refractivity contribution in [1.82, 2.24) is 20.1 Å². The first-order valence-electron chi connectivity index (χ1n) is 16.9. The van der Waals surface area contributed by atoms with E-state index in [0.29, 0.717) is 29.3 Å². The molecule has 1 fully saturated rings. The fourth-order valence-corrected chi connectivity index (χ4v) is 6.41. The van der Waals surface area contributed by atoms with Crippen molar-refractivity contribution in [2.45, 2.75) is 70.5 Å². The van der Waals surface area contributed by atoms with Crippen LogP contribution >= 0.6 is 0 Å². The number of fused-ring (bicyclic) bond motifs is 1. The summed E-state index contributed by atoms with van der Waals surface area (Å²) in [6, 6.07) is 16.2. The van der Waals surface area contributed by atoms with E-state index in [9.17, 15) is 19.2 Å². The first-order valence-corrected chi connectivity index (χ1v) is 16.9. The van der Waals surface area contributed by atoms with Crippen LogP contribution in [0.2, 0.25) is 0 Å². The number of ether oxygens (including phenoxy) is 1. The number of hydrogen-bond acceptors (Lipinski definition) is 8. The molecule has 1 heterocycles. The van der Waals surface area contributed by atoms with E-state index in [1.807, 2.05) is 56.3 Å². The molecule has 0 radical (unpaired) electrons. The summed E-state index contributed by atoms with van der Waals surface area (Å²) in [4.78, 5) is 72.0. The third-order valence-corrected chi connectivity index (χ3v) is 8.88. The van der Waals surface area contributed by atoms with Crippen LogP contribution in [0.1, 0.15) is 61.9 Å². The van der Waals surface area contributed by atoms with Crippen molar-refractivity contribution in [2.24, 2.45) is 11.8 Å². The maximum absolute atomic E-state index is 14.2. The molecule has 0 saturated heterocycles. The van der Waals surface area contributed by atoms with Crippen molar-refractivity contribution in [1.29, 1.82) is 0 Å². The van der Waals surface area contributed by atoms with Crippen LogP contribution in [0.15, 0.2) is 79.5 Å². The van der Waals surface area contributed by atoms with Crippen molar-refractivity contribution >= 4 is 34.8 Å². The summed E-state index contributed by atoms with van der Waals surface area (Å²) >= 11 is 0. The Morgan fingerprint density at radius 1 is 0.980 bits per heavy atom. The number of benzene rings is 2.